The molecule has 0 saturated heterocycles. The van der Waals surface area contributed by atoms with E-state index in [1.54, 1.807) is 32.5 Å². The summed E-state index contributed by atoms with van der Waals surface area (Å²) in [7, 11) is 0. The summed E-state index contributed by atoms with van der Waals surface area (Å²) in [6.45, 7) is 5.07. The highest BCUT2D eigenvalue weighted by Crippen LogP contribution is 2.24. The lowest BCUT2D eigenvalue weighted by Gasteiger charge is -2.22. The Kier molecular flexibility index (Phi) is 11.8. The van der Waals surface area contributed by atoms with Gasteiger partial charge in [-0.25, -0.2) is 0 Å². The average molecular weight is 639 g/mol. The molecule has 0 spiro atoms. The number of hydrogen-bond acceptors (Lipinski definition) is 11. The number of carbonyl (C=O) groups is 3. The van der Waals surface area contributed by atoms with Crippen LogP contribution >= 0.6 is 34.4 Å². The van der Waals surface area contributed by atoms with Crippen LogP contribution in [0.4, 0.5) is 10.3 Å². The van der Waals surface area contributed by atoms with Gasteiger partial charge < -0.3 is 10.1 Å². The van der Waals surface area contributed by atoms with E-state index in [2.05, 4.69) is 25.7 Å². The molecule has 0 aliphatic rings. The topological polar surface area (TPSA) is 127 Å². The van der Waals surface area contributed by atoms with Crippen molar-refractivity contribution in [2.45, 2.75) is 46.5 Å². The highest BCUT2D eigenvalue weighted by molar-refractivity contribution is 7.99. The van der Waals surface area contributed by atoms with Crippen LogP contribution in [0.25, 0.3) is 0 Å². The summed E-state index contributed by atoms with van der Waals surface area (Å²) in [5.74, 6) is 0.904. The van der Waals surface area contributed by atoms with Crippen LogP contribution in [0, 0.1) is 5.41 Å². The molecule has 2 amide bonds. The van der Waals surface area contributed by atoms with Gasteiger partial charge in [0, 0.05) is 12.8 Å². The Bertz CT molecular complexity index is 1490. The average Bonchev–Trinajstić information content (AvgIpc) is 3.63. The van der Waals surface area contributed by atoms with Gasteiger partial charge in [-0.05, 0) is 43.4 Å². The first-order valence-corrected chi connectivity index (χ1v) is 16.5. The summed E-state index contributed by atoms with van der Waals surface area (Å²) in [6, 6.07) is 19.0. The number of nitrogens with one attached hydrogen (secondary N) is 1. The summed E-state index contributed by atoms with van der Waals surface area (Å²) in [6.07, 6.45) is 1.86. The molecular weight excluding hydrogens is 605 g/mol. The lowest BCUT2D eigenvalue weighted by Crippen LogP contribution is -2.37. The van der Waals surface area contributed by atoms with E-state index in [1.165, 1.54) is 27.6 Å². The van der Waals surface area contributed by atoms with Crippen LogP contribution in [0.2, 0.25) is 0 Å². The minimum absolute atomic E-state index is 0.118. The number of amides is 2. The second-order valence-electron chi connectivity index (χ2n) is 10.6. The molecule has 0 aliphatic carbocycles. The minimum Gasteiger partial charge on any atom is -0.443 e. The third-order valence-electron chi connectivity index (χ3n) is 5.96. The molecule has 0 saturated carbocycles. The molecule has 226 valence electrons. The maximum absolute atomic E-state index is 13.2. The monoisotopic (exact) mass is 638 g/mol. The molecule has 13 heteroatoms. The number of aryl methyl sites for hydroxylation is 2. The van der Waals surface area contributed by atoms with Crippen molar-refractivity contribution in [3.63, 3.8) is 0 Å². The molecule has 4 aromatic rings. The molecule has 0 aliphatic heterocycles. The zero-order chi connectivity index (χ0) is 30.7. The molecule has 4 rings (SSSR count). The van der Waals surface area contributed by atoms with E-state index in [-0.39, 0.29) is 25.0 Å². The van der Waals surface area contributed by atoms with Gasteiger partial charge in [-0.3, -0.25) is 19.3 Å². The van der Waals surface area contributed by atoms with Crippen molar-refractivity contribution in [2.75, 3.05) is 28.5 Å². The summed E-state index contributed by atoms with van der Waals surface area (Å²) in [5, 5.41) is 22.2. The third kappa shape index (κ3) is 10.5. The third-order valence-corrected chi connectivity index (χ3v) is 8.85. The number of thioether (sulfide) groups is 1. The lowest BCUT2D eigenvalue weighted by molar-refractivity contribution is -0.153. The zero-order valence-corrected chi connectivity index (χ0v) is 26.8. The normalized spacial score (nSPS) is 11.2. The Morgan fingerprint density at radius 2 is 1.40 bits per heavy atom. The summed E-state index contributed by atoms with van der Waals surface area (Å²) < 4.78 is 5.46. The van der Waals surface area contributed by atoms with Gasteiger partial charge in [-0.1, -0.05) is 83.3 Å². The van der Waals surface area contributed by atoms with Gasteiger partial charge in [-0.15, -0.1) is 20.4 Å². The van der Waals surface area contributed by atoms with Crippen LogP contribution in [0.3, 0.4) is 0 Å². The Morgan fingerprint density at radius 3 is 2.02 bits per heavy atom. The molecule has 2 heterocycles. The molecule has 2 aromatic heterocycles. The van der Waals surface area contributed by atoms with E-state index in [0.717, 1.165) is 39.1 Å². The van der Waals surface area contributed by atoms with E-state index in [4.69, 9.17) is 4.74 Å². The van der Waals surface area contributed by atoms with Gasteiger partial charge in [0.2, 0.25) is 22.1 Å². The Labute approximate surface area is 263 Å². The summed E-state index contributed by atoms with van der Waals surface area (Å²) in [5.41, 5.74) is 1.11. The predicted octanol–water partition coefficient (Wildman–Crippen LogP) is 5.21. The molecule has 10 nitrogen and oxygen atoms in total. The van der Waals surface area contributed by atoms with Gasteiger partial charge in [0.1, 0.15) is 10.0 Å². The fraction of sp³-hybridized carbons (Fsp3) is 0.367. The molecule has 43 heavy (non-hydrogen) atoms. The van der Waals surface area contributed by atoms with Crippen molar-refractivity contribution in [3.8, 4) is 0 Å². The number of nitrogens with zero attached hydrogens (tertiary/aromatic N) is 5. The molecule has 0 unspecified atom stereocenters. The fourth-order valence-electron chi connectivity index (χ4n) is 3.67. The lowest BCUT2D eigenvalue weighted by atomic mass is 9.98. The van der Waals surface area contributed by atoms with Crippen LogP contribution in [-0.2, 0) is 44.8 Å². The molecule has 0 radical (unpaired) electrons. The second-order valence-corrected chi connectivity index (χ2v) is 13.9. The van der Waals surface area contributed by atoms with Crippen LogP contribution in [0.1, 0.15) is 41.9 Å². The Morgan fingerprint density at radius 1 is 0.814 bits per heavy atom. The fourth-order valence-corrected chi connectivity index (χ4v) is 6.40. The van der Waals surface area contributed by atoms with E-state index >= 15 is 0 Å². The van der Waals surface area contributed by atoms with E-state index in [9.17, 15) is 14.4 Å². The minimum atomic E-state index is -0.690. The van der Waals surface area contributed by atoms with Gasteiger partial charge in [0.25, 0.3) is 0 Å². The Balaban J connectivity index is 1.24. The number of anilines is 2. The van der Waals surface area contributed by atoms with Crippen molar-refractivity contribution in [3.05, 3.63) is 81.8 Å². The van der Waals surface area contributed by atoms with E-state index < -0.39 is 11.4 Å². The highest BCUT2D eigenvalue weighted by atomic mass is 32.2. The number of carbonyl (C=O) groups excluding carboxylic acids is 3. The number of benzene rings is 2. The van der Waals surface area contributed by atoms with Crippen LogP contribution < -0.4 is 10.2 Å². The maximum atomic E-state index is 13.2. The summed E-state index contributed by atoms with van der Waals surface area (Å²) in [4.78, 5) is 39.2. The number of ether oxygens (including phenoxy) is 1. The number of rotatable bonds is 14. The van der Waals surface area contributed by atoms with Gasteiger partial charge >= 0.3 is 5.97 Å². The van der Waals surface area contributed by atoms with Crippen molar-refractivity contribution >= 4 is 62.5 Å². The van der Waals surface area contributed by atoms with Crippen molar-refractivity contribution in [2.24, 2.45) is 5.41 Å². The van der Waals surface area contributed by atoms with Crippen molar-refractivity contribution < 1.29 is 19.1 Å². The molecule has 2 aromatic carbocycles. The SMILES string of the molecule is CC(C)(C)C(=O)OCN(C(=O)Cc1ccccc1)c1nnc(CCSCCc2nnc(NC(=O)Cc3ccccc3)s2)s1. The summed E-state index contributed by atoms with van der Waals surface area (Å²) >= 11 is 4.45. The number of esters is 1. The predicted molar refractivity (Wildman–Crippen MR) is 171 cm³/mol. The smallest absolute Gasteiger partial charge is 0.312 e. The first kappa shape index (κ1) is 32.2. The van der Waals surface area contributed by atoms with Gasteiger partial charge in [0.05, 0.1) is 18.3 Å². The molecule has 0 atom stereocenters. The van der Waals surface area contributed by atoms with Crippen LogP contribution in [-0.4, -0.2) is 56.4 Å². The van der Waals surface area contributed by atoms with Gasteiger partial charge in [0.15, 0.2) is 6.73 Å². The van der Waals surface area contributed by atoms with Gasteiger partial charge in [-0.2, -0.15) is 11.8 Å². The first-order chi connectivity index (χ1) is 20.7. The van der Waals surface area contributed by atoms with Crippen LogP contribution in [0.15, 0.2) is 60.7 Å². The number of aromatic nitrogens is 4. The Hall–Kier alpha value is -3.68. The van der Waals surface area contributed by atoms with Crippen LogP contribution in [0.5, 0.6) is 0 Å². The molecule has 0 bridgehead atoms. The quantitative estimate of drug-likeness (QED) is 0.112. The molecule has 1 N–H and O–H groups in total. The highest BCUT2D eigenvalue weighted by Gasteiger charge is 2.27. The molecular formula is C30H34N6O4S3. The van der Waals surface area contributed by atoms with Crippen molar-refractivity contribution in [1.29, 1.82) is 0 Å². The second kappa shape index (κ2) is 15.7. The van der Waals surface area contributed by atoms with E-state index in [0.29, 0.717) is 23.1 Å². The van der Waals surface area contributed by atoms with Crippen molar-refractivity contribution in [1.82, 2.24) is 20.4 Å². The zero-order valence-electron chi connectivity index (χ0n) is 24.3. The largest absolute Gasteiger partial charge is 0.443 e. The number of hydrogen-bond donors (Lipinski definition) is 1. The molecule has 0 fully saturated rings. The first-order valence-electron chi connectivity index (χ1n) is 13.7. The van der Waals surface area contributed by atoms with E-state index in [1.807, 2.05) is 60.7 Å². The standard InChI is InChI=1S/C30H34N6O4S3/c1-30(2,3)27(39)40-20-36(26(38)19-22-12-8-5-9-13-22)29-35-33-25(43-29)15-17-41-16-14-24-32-34-28(42-24)31-23(37)18-21-10-6-4-7-11-21/h4-13H,14-20H2,1-3H3,(H,31,34,37). The maximum Gasteiger partial charge on any atom is 0.312 e.